The molecule has 1 aliphatic carbocycles. The van der Waals surface area contributed by atoms with Gasteiger partial charge in [-0.1, -0.05) is 6.07 Å². The number of benzene rings is 1. The Balaban J connectivity index is 1.25. The Morgan fingerprint density at radius 2 is 1.76 bits per heavy atom. The molecule has 1 aromatic heterocycles. The average molecular weight is 483 g/mol. The van der Waals surface area contributed by atoms with Gasteiger partial charge >= 0.3 is 0 Å². The van der Waals surface area contributed by atoms with Crippen molar-refractivity contribution in [1.82, 2.24) is 9.29 Å². The van der Waals surface area contributed by atoms with Crippen molar-refractivity contribution < 1.29 is 18.0 Å². The smallest absolute Gasteiger partial charge is 0.243 e. The number of hydrogen-bond acceptors (Lipinski definition) is 5. The van der Waals surface area contributed by atoms with Crippen molar-refractivity contribution in [3.8, 4) is 0 Å². The zero-order chi connectivity index (χ0) is 24.0. The van der Waals surface area contributed by atoms with E-state index < -0.39 is 10.0 Å². The van der Waals surface area contributed by atoms with Crippen molar-refractivity contribution in [2.45, 2.75) is 56.9 Å². The van der Waals surface area contributed by atoms with Crippen molar-refractivity contribution in [3.63, 3.8) is 0 Å². The number of sulfonamides is 1. The van der Waals surface area contributed by atoms with Gasteiger partial charge in [0.25, 0.3) is 0 Å². The zero-order valence-corrected chi connectivity index (χ0v) is 20.3. The first-order valence-corrected chi connectivity index (χ1v) is 13.4. The van der Waals surface area contributed by atoms with Gasteiger partial charge in [0, 0.05) is 42.3 Å². The van der Waals surface area contributed by atoms with E-state index in [1.54, 1.807) is 24.3 Å². The molecule has 1 saturated carbocycles. The predicted octanol–water partition coefficient (Wildman–Crippen LogP) is 3.12. The van der Waals surface area contributed by atoms with Crippen molar-refractivity contribution in [1.29, 1.82) is 0 Å². The number of aryl methyl sites for hydroxylation is 1. The molecule has 1 aromatic carbocycles. The van der Waals surface area contributed by atoms with Gasteiger partial charge in [0.15, 0.2) is 0 Å². The molecule has 1 saturated heterocycles. The van der Waals surface area contributed by atoms with E-state index in [4.69, 9.17) is 0 Å². The monoisotopic (exact) mass is 482 g/mol. The van der Waals surface area contributed by atoms with Gasteiger partial charge in [0.05, 0.1) is 4.90 Å². The van der Waals surface area contributed by atoms with E-state index >= 15 is 0 Å². The fourth-order valence-electron chi connectivity index (χ4n) is 4.98. The fraction of sp³-hybridized carbons (Fsp3) is 0.480. The highest BCUT2D eigenvalue weighted by atomic mass is 32.2. The highest BCUT2D eigenvalue weighted by molar-refractivity contribution is 7.89. The summed E-state index contributed by atoms with van der Waals surface area (Å²) >= 11 is 0. The maximum Gasteiger partial charge on any atom is 0.243 e. The van der Waals surface area contributed by atoms with Gasteiger partial charge in [-0.3, -0.25) is 9.59 Å². The third-order valence-corrected chi connectivity index (χ3v) is 8.93. The number of carbonyl (C=O) groups excluding carboxylic acids is 2. The molecule has 1 atom stereocenters. The molecule has 3 heterocycles. The van der Waals surface area contributed by atoms with Crippen LogP contribution in [-0.4, -0.2) is 48.7 Å². The first-order valence-electron chi connectivity index (χ1n) is 11.9. The lowest BCUT2D eigenvalue weighted by Gasteiger charge is -2.30. The molecule has 2 amide bonds. The average Bonchev–Trinajstić information content (AvgIpc) is 3.60. The molecule has 0 radical (unpaired) electrons. The second-order valence-corrected chi connectivity index (χ2v) is 11.6. The minimum Gasteiger partial charge on any atom is -0.310 e. The normalized spacial score (nSPS) is 21.4. The zero-order valence-electron chi connectivity index (χ0n) is 19.5. The van der Waals surface area contributed by atoms with Gasteiger partial charge in [-0.25, -0.2) is 13.4 Å². The molecule has 8 nitrogen and oxygen atoms in total. The molecular formula is C25H30N4O4S. The minimum atomic E-state index is -3.67. The number of nitrogens with one attached hydrogen (secondary N) is 1. The highest BCUT2D eigenvalue weighted by Crippen LogP contribution is 2.40. The molecule has 0 bridgehead atoms. The number of fused-ring (bicyclic) bond motifs is 1. The number of amides is 2. The number of hydrogen-bond donors (Lipinski definition) is 1. The largest absolute Gasteiger partial charge is 0.310 e. The fourth-order valence-corrected chi connectivity index (χ4v) is 6.50. The summed E-state index contributed by atoms with van der Waals surface area (Å²) in [6.45, 7) is 4.46. The van der Waals surface area contributed by atoms with Crippen LogP contribution in [0.3, 0.4) is 0 Å². The molecule has 2 fully saturated rings. The Morgan fingerprint density at radius 1 is 1.03 bits per heavy atom. The summed E-state index contributed by atoms with van der Waals surface area (Å²) in [5.41, 5.74) is 2.56. The Morgan fingerprint density at radius 3 is 2.44 bits per heavy atom. The first kappa shape index (κ1) is 23.0. The summed E-state index contributed by atoms with van der Waals surface area (Å²) in [7, 11) is -3.67. The first-order chi connectivity index (χ1) is 16.2. The number of carbonyl (C=O) groups is 2. The summed E-state index contributed by atoms with van der Waals surface area (Å²) in [5.74, 6) is 0.417. The molecule has 0 spiro atoms. The third-order valence-electron chi connectivity index (χ3n) is 7.03. The van der Waals surface area contributed by atoms with E-state index in [0.29, 0.717) is 38.2 Å². The van der Waals surface area contributed by atoms with Gasteiger partial charge < -0.3 is 10.2 Å². The van der Waals surface area contributed by atoms with Crippen LogP contribution in [0, 0.1) is 18.8 Å². The van der Waals surface area contributed by atoms with Gasteiger partial charge in [0.1, 0.15) is 5.82 Å². The van der Waals surface area contributed by atoms with Gasteiger partial charge in [-0.15, -0.1) is 0 Å². The number of aromatic nitrogens is 1. The van der Waals surface area contributed by atoms with E-state index in [9.17, 15) is 18.0 Å². The maximum absolute atomic E-state index is 13.3. The standard InChI is InChI=1S/C25H30N4O4S/c1-16-4-3-5-23(26-16)27-24(30)18-10-12-28(13-11-18)34(32,33)21-8-9-22-20(15-21)14-17(2)29(22)25(31)19-6-7-19/h3-5,8-9,15,17-19H,6-7,10-14H2,1-2H3,(H,26,27,30)/t17-/m0/s1. The second-order valence-electron chi connectivity index (χ2n) is 9.66. The Labute approximate surface area is 200 Å². The van der Waals surface area contributed by atoms with Crippen LogP contribution in [-0.2, 0) is 26.0 Å². The number of rotatable bonds is 5. The highest BCUT2D eigenvalue weighted by Gasteiger charge is 2.40. The summed E-state index contributed by atoms with van der Waals surface area (Å²) in [4.78, 5) is 31.7. The number of pyridine rings is 1. The summed E-state index contributed by atoms with van der Waals surface area (Å²) in [6.07, 6.45) is 3.47. The molecule has 180 valence electrons. The molecule has 0 unspecified atom stereocenters. The van der Waals surface area contributed by atoms with Crippen LogP contribution in [0.2, 0.25) is 0 Å². The number of piperidine rings is 1. The molecule has 2 aromatic rings. The SMILES string of the molecule is Cc1cccc(NC(=O)C2CCN(S(=O)(=O)c3ccc4c(c3)C[C@H](C)N4C(=O)C3CC3)CC2)n1. The van der Waals surface area contributed by atoms with Crippen LogP contribution in [0.25, 0.3) is 0 Å². The molecule has 1 N–H and O–H groups in total. The Hall–Kier alpha value is -2.78. The van der Waals surface area contributed by atoms with E-state index in [1.807, 2.05) is 30.9 Å². The predicted molar refractivity (Wildman–Crippen MR) is 129 cm³/mol. The van der Waals surface area contributed by atoms with Crippen molar-refractivity contribution in [2.75, 3.05) is 23.3 Å². The van der Waals surface area contributed by atoms with E-state index in [2.05, 4.69) is 10.3 Å². The van der Waals surface area contributed by atoms with Gasteiger partial charge in [0.2, 0.25) is 21.8 Å². The van der Waals surface area contributed by atoms with Crippen LogP contribution < -0.4 is 10.2 Å². The number of anilines is 2. The maximum atomic E-state index is 13.3. The van der Waals surface area contributed by atoms with Crippen LogP contribution in [0.5, 0.6) is 0 Å². The lowest BCUT2D eigenvalue weighted by molar-refractivity contribution is -0.121. The van der Waals surface area contributed by atoms with Crippen LogP contribution in [0.1, 0.15) is 43.9 Å². The Kier molecular flexibility index (Phi) is 5.93. The van der Waals surface area contributed by atoms with Crippen molar-refractivity contribution in [3.05, 3.63) is 47.7 Å². The van der Waals surface area contributed by atoms with E-state index in [1.165, 1.54) is 4.31 Å². The molecule has 34 heavy (non-hydrogen) atoms. The topological polar surface area (TPSA) is 99.7 Å². The molecule has 5 rings (SSSR count). The third kappa shape index (κ3) is 4.34. The minimum absolute atomic E-state index is 0.0400. The van der Waals surface area contributed by atoms with Crippen molar-refractivity contribution >= 4 is 33.3 Å². The summed E-state index contributed by atoms with van der Waals surface area (Å²) in [6, 6.07) is 10.6. The molecular weight excluding hydrogens is 452 g/mol. The van der Waals surface area contributed by atoms with Crippen molar-refractivity contribution in [2.24, 2.45) is 11.8 Å². The van der Waals surface area contributed by atoms with Gasteiger partial charge in [-0.2, -0.15) is 4.31 Å². The molecule has 9 heteroatoms. The van der Waals surface area contributed by atoms with Crippen LogP contribution >= 0.6 is 0 Å². The lowest BCUT2D eigenvalue weighted by Crippen LogP contribution is -2.41. The Bertz CT molecular complexity index is 1230. The van der Waals surface area contributed by atoms with Crippen LogP contribution in [0.15, 0.2) is 41.3 Å². The van der Waals surface area contributed by atoms with E-state index in [-0.39, 0.29) is 34.6 Å². The summed E-state index contributed by atoms with van der Waals surface area (Å²) < 4.78 is 28.2. The molecule has 3 aliphatic rings. The van der Waals surface area contributed by atoms with Crippen LogP contribution in [0.4, 0.5) is 11.5 Å². The summed E-state index contributed by atoms with van der Waals surface area (Å²) in [5, 5.41) is 2.85. The quantitative estimate of drug-likeness (QED) is 0.706. The molecule has 2 aliphatic heterocycles. The van der Waals surface area contributed by atoms with Gasteiger partial charge in [-0.05, 0) is 81.8 Å². The van der Waals surface area contributed by atoms with E-state index in [0.717, 1.165) is 29.8 Å². The second kappa shape index (κ2) is 8.78. The number of nitrogens with zero attached hydrogens (tertiary/aromatic N) is 3. The lowest BCUT2D eigenvalue weighted by atomic mass is 9.97.